The van der Waals surface area contributed by atoms with Crippen molar-refractivity contribution in [3.05, 3.63) is 110 Å². The normalized spacial score (nSPS) is 21.9. The molecule has 1 saturated heterocycles. The van der Waals surface area contributed by atoms with Gasteiger partial charge in [0.25, 0.3) is 5.91 Å². The maximum atomic E-state index is 16.0. The number of alkyl halides is 2. The summed E-state index contributed by atoms with van der Waals surface area (Å²) in [5.74, 6) is -3.41. The van der Waals surface area contributed by atoms with Crippen LogP contribution in [-0.2, 0) is 23.7 Å². The fourth-order valence-electron chi connectivity index (χ4n) is 10.7. The monoisotopic (exact) mass is 864 g/mol. The van der Waals surface area contributed by atoms with Crippen LogP contribution in [0.3, 0.4) is 0 Å². The zero-order chi connectivity index (χ0) is 43.7. The van der Waals surface area contributed by atoms with E-state index in [-0.39, 0.29) is 60.7 Å². The molecule has 7 aromatic rings. The number of amides is 1. The average molecular weight is 865 g/mol. The summed E-state index contributed by atoms with van der Waals surface area (Å²) in [7, 11) is 1.71. The molecule has 0 unspecified atom stereocenters. The highest BCUT2D eigenvalue weighted by molar-refractivity contribution is 6.00. The van der Waals surface area contributed by atoms with Crippen molar-refractivity contribution in [1.82, 2.24) is 48.3 Å². The molecule has 0 radical (unpaired) electrons. The molecule has 15 nitrogen and oxygen atoms in total. The smallest absolute Gasteiger partial charge is 0.376 e. The van der Waals surface area contributed by atoms with E-state index in [9.17, 15) is 18.4 Å². The summed E-state index contributed by atoms with van der Waals surface area (Å²) in [6.07, 6.45) is 7.34. The second-order valence-corrected chi connectivity index (χ2v) is 18.5. The van der Waals surface area contributed by atoms with Crippen LogP contribution in [0.4, 0.5) is 13.2 Å². The molecule has 18 heteroatoms. The molecule has 2 aliphatic carbocycles. The van der Waals surface area contributed by atoms with Gasteiger partial charge in [0.15, 0.2) is 11.6 Å². The number of ether oxygens (including phenoxy) is 1. The summed E-state index contributed by atoms with van der Waals surface area (Å²) < 4.78 is 64.0. The molecular formula is C45H47F3N10O5. The highest BCUT2D eigenvalue weighted by Crippen LogP contribution is 2.51. The maximum Gasteiger partial charge on any atom is 0.438 e. The molecule has 328 valence electrons. The Morgan fingerprint density at radius 2 is 1.73 bits per heavy atom. The van der Waals surface area contributed by atoms with Gasteiger partial charge in [-0.15, -0.1) is 0 Å². The van der Waals surface area contributed by atoms with E-state index in [1.807, 2.05) is 23.6 Å². The Morgan fingerprint density at radius 1 is 0.968 bits per heavy atom. The quantitative estimate of drug-likeness (QED) is 0.176. The number of hydrogen-bond donors (Lipinski definition) is 1. The van der Waals surface area contributed by atoms with Crippen molar-refractivity contribution in [2.75, 3.05) is 13.2 Å². The fraction of sp³-hybridized carbons (Fsp3) is 0.467. The van der Waals surface area contributed by atoms with E-state index < -0.39 is 40.8 Å². The van der Waals surface area contributed by atoms with Crippen molar-refractivity contribution in [3.8, 4) is 11.5 Å². The summed E-state index contributed by atoms with van der Waals surface area (Å²) >= 11 is 0. The number of nitrogens with one attached hydrogen (secondary N) is 1. The van der Waals surface area contributed by atoms with Crippen molar-refractivity contribution in [3.63, 3.8) is 0 Å². The highest BCUT2D eigenvalue weighted by atomic mass is 19.3. The van der Waals surface area contributed by atoms with Crippen molar-refractivity contribution in [2.24, 2.45) is 7.05 Å². The lowest BCUT2D eigenvalue weighted by atomic mass is 9.83. The zero-order valence-corrected chi connectivity index (χ0v) is 35.4. The third-order valence-corrected chi connectivity index (χ3v) is 14.1. The summed E-state index contributed by atoms with van der Waals surface area (Å²) in [5.41, 5.74) is 2.56. The molecule has 2 aliphatic heterocycles. The lowest BCUT2D eigenvalue weighted by Gasteiger charge is -2.35. The molecule has 0 bridgehead atoms. The molecule has 7 heterocycles. The number of benzene rings is 2. The molecule has 5 aromatic heterocycles. The van der Waals surface area contributed by atoms with Gasteiger partial charge in [-0.05, 0) is 101 Å². The van der Waals surface area contributed by atoms with Gasteiger partial charge >= 0.3 is 11.4 Å². The minimum atomic E-state index is -2.80. The van der Waals surface area contributed by atoms with Crippen LogP contribution in [0.1, 0.15) is 123 Å². The van der Waals surface area contributed by atoms with Crippen LogP contribution in [0.25, 0.3) is 33.3 Å². The van der Waals surface area contributed by atoms with Crippen molar-refractivity contribution in [2.45, 2.75) is 114 Å². The van der Waals surface area contributed by atoms with Crippen LogP contribution in [0.2, 0.25) is 0 Å². The van der Waals surface area contributed by atoms with Crippen LogP contribution >= 0.6 is 0 Å². The number of imidazole rings is 1. The van der Waals surface area contributed by atoms with Gasteiger partial charge in [0.2, 0.25) is 5.92 Å². The van der Waals surface area contributed by atoms with Gasteiger partial charge in [0.05, 0.1) is 46.2 Å². The molecule has 2 aromatic carbocycles. The Labute approximate surface area is 358 Å². The Bertz CT molecular complexity index is 3090. The first-order valence-electron chi connectivity index (χ1n) is 21.7. The van der Waals surface area contributed by atoms with E-state index in [1.165, 1.54) is 27.6 Å². The summed E-state index contributed by atoms with van der Waals surface area (Å²) in [4.78, 5) is 46.7. The van der Waals surface area contributed by atoms with Crippen molar-refractivity contribution < 1.29 is 27.2 Å². The molecule has 63 heavy (non-hydrogen) atoms. The van der Waals surface area contributed by atoms with E-state index in [0.717, 1.165) is 29.3 Å². The summed E-state index contributed by atoms with van der Waals surface area (Å²) in [6.45, 7) is 7.03. The molecule has 11 rings (SSSR count). The van der Waals surface area contributed by atoms with E-state index in [4.69, 9.17) is 14.4 Å². The van der Waals surface area contributed by atoms with Gasteiger partial charge < -0.3 is 14.2 Å². The van der Waals surface area contributed by atoms with Gasteiger partial charge in [0, 0.05) is 68.3 Å². The molecule has 0 spiro atoms. The van der Waals surface area contributed by atoms with Crippen molar-refractivity contribution in [1.29, 1.82) is 0 Å². The minimum Gasteiger partial charge on any atom is -0.376 e. The Kier molecular flexibility index (Phi) is 8.76. The van der Waals surface area contributed by atoms with E-state index in [1.54, 1.807) is 33.6 Å². The molecule has 4 aliphatic rings. The van der Waals surface area contributed by atoms with Gasteiger partial charge in [-0.2, -0.15) is 10.2 Å². The Balaban J connectivity index is 1.02. The maximum absolute atomic E-state index is 16.0. The second kappa shape index (κ2) is 13.9. The third-order valence-electron chi connectivity index (χ3n) is 14.1. The lowest BCUT2D eigenvalue weighted by Crippen LogP contribution is -2.41. The predicted octanol–water partition coefficient (Wildman–Crippen LogP) is 7.20. The van der Waals surface area contributed by atoms with Gasteiger partial charge in [-0.25, -0.2) is 27.4 Å². The minimum absolute atomic E-state index is 0.0281. The van der Waals surface area contributed by atoms with E-state index in [0.29, 0.717) is 60.0 Å². The number of hydrogen-bond acceptors (Lipinski definition) is 8. The van der Waals surface area contributed by atoms with E-state index >= 15 is 9.18 Å². The number of aromatic nitrogens is 9. The first-order chi connectivity index (χ1) is 30.1. The lowest BCUT2D eigenvalue weighted by molar-refractivity contribution is -0.0593. The van der Waals surface area contributed by atoms with Crippen LogP contribution in [0.5, 0.6) is 0 Å². The zero-order valence-electron chi connectivity index (χ0n) is 35.4. The van der Waals surface area contributed by atoms with Crippen molar-refractivity contribution >= 4 is 27.7 Å². The summed E-state index contributed by atoms with van der Waals surface area (Å²) in [6, 6.07) is 10.4. The third kappa shape index (κ3) is 6.25. The number of rotatable bonds is 7. The number of aryl methyl sites for hydroxylation is 1. The standard InChI is InChI=1S/C45H47F3N10O5/c1-25-36-31(51-58(29-9-13-45(47,48)14-10-29)38(36)56-19-18-55(42(56)61)34-8-7-33-30(37(34)46)24-49-53(33)4)11-17-54(25)39(59)35-22-28-21-26(27-12-20-62-43(2,3)23-27)5-6-32(28)57(35)44(15-16-44)40-50-41(60)63-52-40/h5-8,18-19,21-22,24-25,27,29H,9-17,20,23H2,1-4H3,(H,50,52,60)/t25-,27-/m0/s1. The summed E-state index contributed by atoms with van der Waals surface area (Å²) in [5, 5.41) is 14.4. The fourth-order valence-corrected chi connectivity index (χ4v) is 10.7. The van der Waals surface area contributed by atoms with Crippen LogP contribution < -0.4 is 11.4 Å². The molecular weight excluding hydrogens is 818 g/mol. The Hall–Kier alpha value is -6.17. The number of aromatic amines is 1. The van der Waals surface area contributed by atoms with Crippen LogP contribution in [-0.4, -0.2) is 78.9 Å². The molecule has 1 amide bonds. The molecule has 3 fully saturated rings. The number of H-pyrrole nitrogens is 1. The largest absolute Gasteiger partial charge is 0.438 e. The second-order valence-electron chi connectivity index (χ2n) is 18.5. The first-order valence-corrected chi connectivity index (χ1v) is 21.7. The predicted molar refractivity (Wildman–Crippen MR) is 224 cm³/mol. The first kappa shape index (κ1) is 39.7. The highest BCUT2D eigenvalue weighted by Gasteiger charge is 2.53. The molecule has 2 saturated carbocycles. The topological polar surface area (TPSA) is 156 Å². The Morgan fingerprint density at radius 3 is 2.46 bits per heavy atom. The van der Waals surface area contributed by atoms with E-state index in [2.05, 4.69) is 41.2 Å². The number of nitrogens with zero attached hydrogens (tertiary/aromatic N) is 9. The van der Waals surface area contributed by atoms with Gasteiger partial charge in [-0.3, -0.25) is 28.1 Å². The number of fused-ring (bicyclic) bond motifs is 3. The SMILES string of the molecule is C[C@H]1c2c(nn(C3CCC(F)(F)CC3)c2-n2ccn(-c3ccc4c(cnn4C)c3F)c2=O)CCN1C(=O)c1cc2cc([C@H]3CCOC(C)(C)C3)ccc2n1C1(c2noc(=O)[nH]2)CC1. The molecule has 1 N–H and O–H groups in total. The number of carbonyl (C=O) groups is 1. The van der Waals surface area contributed by atoms with Crippen LogP contribution in [0.15, 0.2) is 69.1 Å². The number of carbonyl (C=O) groups excluding carboxylic acids is 1. The van der Waals surface area contributed by atoms with Gasteiger partial charge in [0.1, 0.15) is 17.1 Å². The van der Waals surface area contributed by atoms with Crippen LogP contribution in [0, 0.1) is 5.82 Å². The average Bonchev–Trinajstić information content (AvgIpc) is 3.70. The number of halogens is 3. The van der Waals surface area contributed by atoms with Gasteiger partial charge in [-0.1, -0.05) is 11.2 Å². The molecule has 2 atom stereocenters.